The van der Waals surface area contributed by atoms with Gasteiger partial charge in [-0.15, -0.1) is 0 Å². The predicted octanol–water partition coefficient (Wildman–Crippen LogP) is 1.85. The second-order valence-electron chi connectivity index (χ2n) is 7.38. The Balaban J connectivity index is 1.27. The van der Waals surface area contributed by atoms with Gasteiger partial charge in [-0.1, -0.05) is 6.07 Å². The summed E-state index contributed by atoms with van der Waals surface area (Å²) in [5.41, 5.74) is 1.98. The van der Waals surface area contributed by atoms with E-state index in [2.05, 4.69) is 10.1 Å². The summed E-state index contributed by atoms with van der Waals surface area (Å²) >= 11 is 0. The minimum atomic E-state index is -0.153. The minimum Gasteiger partial charge on any atom is -0.486 e. The molecule has 1 amide bonds. The smallest absolute Gasteiger partial charge is 0.266 e. The van der Waals surface area contributed by atoms with Crippen LogP contribution in [0.15, 0.2) is 59.7 Å². The van der Waals surface area contributed by atoms with E-state index >= 15 is 0 Å². The zero-order valence-electron chi connectivity index (χ0n) is 16.2. The van der Waals surface area contributed by atoms with Gasteiger partial charge in [-0.2, -0.15) is 5.10 Å². The summed E-state index contributed by atoms with van der Waals surface area (Å²) in [5.74, 6) is 1.20. The van der Waals surface area contributed by atoms with Crippen molar-refractivity contribution in [3.8, 4) is 22.8 Å². The fourth-order valence-corrected chi connectivity index (χ4v) is 3.76. The molecular weight excluding hydrogens is 384 g/mol. The van der Waals surface area contributed by atoms with Crippen LogP contribution in [-0.4, -0.2) is 51.9 Å². The number of hydrogen-bond acceptors (Lipinski definition) is 6. The first kappa shape index (κ1) is 18.4. The minimum absolute atomic E-state index is 0.0838. The molecule has 0 bridgehead atoms. The van der Waals surface area contributed by atoms with E-state index < -0.39 is 0 Å². The molecule has 1 saturated heterocycles. The number of rotatable bonds is 4. The molecule has 5 rings (SSSR count). The molecule has 2 aliphatic heterocycles. The molecule has 152 valence electrons. The molecule has 0 unspecified atom stereocenters. The summed E-state index contributed by atoms with van der Waals surface area (Å²) in [7, 11) is 0. The Morgan fingerprint density at radius 2 is 1.83 bits per heavy atom. The third-order valence-electron chi connectivity index (χ3n) is 5.31. The van der Waals surface area contributed by atoms with Crippen LogP contribution in [0.4, 0.5) is 0 Å². The van der Waals surface area contributed by atoms with Gasteiger partial charge >= 0.3 is 0 Å². The van der Waals surface area contributed by atoms with Crippen LogP contribution in [-0.2, 0) is 6.54 Å². The lowest BCUT2D eigenvalue weighted by Gasteiger charge is -2.39. The number of aromatic nitrogens is 3. The third-order valence-corrected chi connectivity index (χ3v) is 5.31. The van der Waals surface area contributed by atoms with E-state index in [1.807, 2.05) is 12.1 Å². The average Bonchev–Trinajstić information content (AvgIpc) is 2.77. The van der Waals surface area contributed by atoms with Gasteiger partial charge in [0.1, 0.15) is 13.2 Å². The van der Waals surface area contributed by atoms with Crippen LogP contribution in [0.3, 0.4) is 0 Å². The van der Waals surface area contributed by atoms with Gasteiger partial charge in [0.25, 0.3) is 11.5 Å². The number of pyridine rings is 1. The van der Waals surface area contributed by atoms with E-state index in [-0.39, 0.29) is 17.4 Å². The maximum atomic E-state index is 12.9. The molecule has 0 saturated carbocycles. The number of hydrogen-bond donors (Lipinski definition) is 0. The second kappa shape index (κ2) is 7.62. The van der Waals surface area contributed by atoms with Crippen molar-refractivity contribution >= 4 is 5.91 Å². The number of likely N-dealkylation sites (tertiary alicyclic amines) is 1. The van der Waals surface area contributed by atoms with Crippen molar-refractivity contribution in [1.29, 1.82) is 0 Å². The highest BCUT2D eigenvalue weighted by atomic mass is 16.6. The maximum absolute atomic E-state index is 12.9. The average molecular weight is 404 g/mol. The molecule has 8 nitrogen and oxygen atoms in total. The highest BCUT2D eigenvalue weighted by Crippen LogP contribution is 2.35. The third kappa shape index (κ3) is 3.41. The first-order chi connectivity index (χ1) is 14.7. The van der Waals surface area contributed by atoms with Gasteiger partial charge in [-0.3, -0.25) is 14.6 Å². The molecular formula is C22H20N4O4. The van der Waals surface area contributed by atoms with Gasteiger partial charge in [0, 0.05) is 43.0 Å². The Morgan fingerprint density at radius 3 is 2.67 bits per heavy atom. The molecule has 8 heteroatoms. The number of ether oxygens (including phenoxy) is 2. The molecule has 0 aliphatic carbocycles. The van der Waals surface area contributed by atoms with E-state index in [1.54, 1.807) is 41.6 Å². The first-order valence-electron chi connectivity index (χ1n) is 9.85. The molecule has 0 atom stereocenters. The van der Waals surface area contributed by atoms with Crippen molar-refractivity contribution in [2.75, 3.05) is 26.3 Å². The molecule has 4 heterocycles. The van der Waals surface area contributed by atoms with Crippen LogP contribution in [0.2, 0.25) is 0 Å². The largest absolute Gasteiger partial charge is 0.486 e. The van der Waals surface area contributed by atoms with Gasteiger partial charge < -0.3 is 14.4 Å². The van der Waals surface area contributed by atoms with E-state index in [4.69, 9.17) is 9.47 Å². The molecule has 0 N–H and O–H groups in total. The van der Waals surface area contributed by atoms with E-state index in [0.29, 0.717) is 49.9 Å². The van der Waals surface area contributed by atoms with E-state index in [0.717, 1.165) is 11.3 Å². The Hall–Kier alpha value is -3.68. The normalized spacial score (nSPS) is 15.5. The monoisotopic (exact) mass is 404 g/mol. The zero-order chi connectivity index (χ0) is 20.5. The maximum Gasteiger partial charge on any atom is 0.266 e. The Bertz CT molecular complexity index is 1140. The topological polar surface area (TPSA) is 86.6 Å². The van der Waals surface area contributed by atoms with Gasteiger partial charge in [0.05, 0.1) is 17.8 Å². The second-order valence-corrected chi connectivity index (χ2v) is 7.38. The SMILES string of the molecule is O=C(c1cccc2c1OCCO2)N1CC(Cn2nc(-c3ccncc3)ccc2=O)C1. The van der Waals surface area contributed by atoms with Crippen LogP contribution in [0, 0.1) is 5.92 Å². The molecule has 0 spiro atoms. The summed E-state index contributed by atoms with van der Waals surface area (Å²) in [6, 6.07) is 12.3. The first-order valence-corrected chi connectivity index (χ1v) is 9.85. The Labute approximate surface area is 172 Å². The van der Waals surface area contributed by atoms with Crippen molar-refractivity contribution in [3.05, 3.63) is 70.8 Å². The van der Waals surface area contributed by atoms with Gasteiger partial charge in [0.2, 0.25) is 0 Å². The van der Waals surface area contributed by atoms with E-state index in [1.165, 1.54) is 10.7 Å². The molecule has 2 aromatic heterocycles. The number of amides is 1. The number of fused-ring (bicyclic) bond motifs is 1. The van der Waals surface area contributed by atoms with Gasteiger partial charge in [-0.05, 0) is 30.3 Å². The number of carbonyl (C=O) groups excluding carboxylic acids is 1. The Morgan fingerprint density at radius 1 is 1.03 bits per heavy atom. The highest BCUT2D eigenvalue weighted by molar-refractivity contribution is 5.98. The van der Waals surface area contributed by atoms with Crippen molar-refractivity contribution in [2.24, 2.45) is 5.92 Å². The summed E-state index contributed by atoms with van der Waals surface area (Å²) in [6.45, 7) is 2.51. The van der Waals surface area contributed by atoms with Crippen LogP contribution in [0.5, 0.6) is 11.5 Å². The highest BCUT2D eigenvalue weighted by Gasteiger charge is 2.34. The number of benzene rings is 1. The summed E-state index contributed by atoms with van der Waals surface area (Å²) in [4.78, 5) is 30.9. The lowest BCUT2D eigenvalue weighted by Crippen LogP contribution is -2.52. The van der Waals surface area contributed by atoms with Crippen LogP contribution >= 0.6 is 0 Å². The number of para-hydroxylation sites is 1. The van der Waals surface area contributed by atoms with E-state index in [9.17, 15) is 9.59 Å². The predicted molar refractivity (Wildman–Crippen MR) is 109 cm³/mol. The summed E-state index contributed by atoms with van der Waals surface area (Å²) in [6.07, 6.45) is 3.39. The van der Waals surface area contributed by atoms with Crippen molar-refractivity contribution in [3.63, 3.8) is 0 Å². The lowest BCUT2D eigenvalue weighted by molar-refractivity contribution is 0.0450. The fraction of sp³-hybridized carbons (Fsp3) is 0.273. The molecule has 1 fully saturated rings. The molecule has 0 radical (unpaired) electrons. The van der Waals surface area contributed by atoms with Crippen LogP contribution in [0.1, 0.15) is 10.4 Å². The fourth-order valence-electron chi connectivity index (χ4n) is 3.76. The Kier molecular flexibility index (Phi) is 4.66. The lowest BCUT2D eigenvalue weighted by atomic mass is 9.98. The number of carbonyl (C=O) groups is 1. The molecule has 1 aromatic carbocycles. The van der Waals surface area contributed by atoms with Crippen molar-refractivity contribution in [2.45, 2.75) is 6.54 Å². The molecule has 2 aliphatic rings. The number of nitrogens with zero attached hydrogens (tertiary/aromatic N) is 4. The summed E-state index contributed by atoms with van der Waals surface area (Å²) in [5, 5.41) is 4.49. The standard InChI is InChI=1S/C22H20N4O4/c27-20-5-4-18(16-6-8-23-9-7-16)24-26(20)14-15-12-25(13-15)22(28)17-2-1-3-19-21(17)30-11-10-29-19/h1-9,15H,10-14H2. The quantitative estimate of drug-likeness (QED) is 0.660. The van der Waals surface area contributed by atoms with Gasteiger partial charge in [0.15, 0.2) is 11.5 Å². The van der Waals surface area contributed by atoms with Crippen LogP contribution < -0.4 is 15.0 Å². The van der Waals surface area contributed by atoms with Crippen molar-refractivity contribution in [1.82, 2.24) is 19.7 Å². The molecule has 3 aromatic rings. The van der Waals surface area contributed by atoms with Gasteiger partial charge in [-0.25, -0.2) is 4.68 Å². The zero-order valence-corrected chi connectivity index (χ0v) is 16.2. The molecule has 30 heavy (non-hydrogen) atoms. The van der Waals surface area contributed by atoms with Crippen molar-refractivity contribution < 1.29 is 14.3 Å². The summed E-state index contributed by atoms with van der Waals surface area (Å²) < 4.78 is 12.7. The van der Waals surface area contributed by atoms with Crippen LogP contribution in [0.25, 0.3) is 11.3 Å².